The van der Waals surface area contributed by atoms with E-state index in [1.54, 1.807) is 24.3 Å². The normalized spacial score (nSPS) is 29.0. The Morgan fingerprint density at radius 1 is 1.33 bits per heavy atom. The Balaban J connectivity index is 1.50. The molecule has 2 amide bonds. The number of halogens is 1. The quantitative estimate of drug-likeness (QED) is 0.881. The molecule has 5 nitrogen and oxygen atoms in total. The molecule has 0 spiro atoms. The lowest BCUT2D eigenvalue weighted by atomic mass is 10.1. The Morgan fingerprint density at radius 3 is 2.86 bits per heavy atom. The van der Waals surface area contributed by atoms with E-state index < -0.39 is 0 Å². The molecule has 0 bridgehead atoms. The van der Waals surface area contributed by atoms with Crippen molar-refractivity contribution in [3.05, 3.63) is 29.3 Å². The maximum absolute atomic E-state index is 12.0. The number of carbonyl (C=O) groups excluding carboxylic acids is 1. The van der Waals surface area contributed by atoms with Crippen molar-refractivity contribution < 1.29 is 9.53 Å². The van der Waals surface area contributed by atoms with E-state index in [4.69, 9.17) is 16.3 Å². The zero-order valence-electron chi connectivity index (χ0n) is 12.0. The number of ether oxygens (including phenoxy) is 1. The monoisotopic (exact) mass is 309 g/mol. The van der Waals surface area contributed by atoms with Gasteiger partial charge in [-0.25, -0.2) is 4.79 Å². The van der Waals surface area contributed by atoms with E-state index in [0.29, 0.717) is 11.1 Å². The maximum Gasteiger partial charge on any atom is 0.319 e. The summed E-state index contributed by atoms with van der Waals surface area (Å²) in [6, 6.07) is 7.52. The van der Waals surface area contributed by atoms with Crippen molar-refractivity contribution >= 4 is 23.3 Å². The van der Waals surface area contributed by atoms with Crippen LogP contribution in [0.3, 0.4) is 0 Å². The fraction of sp³-hybridized carbons (Fsp3) is 0.533. The van der Waals surface area contributed by atoms with Crippen LogP contribution in [-0.4, -0.2) is 48.8 Å². The summed E-state index contributed by atoms with van der Waals surface area (Å²) in [5.41, 5.74) is 0.740. The van der Waals surface area contributed by atoms with E-state index in [9.17, 15) is 4.79 Å². The average molecular weight is 310 g/mol. The van der Waals surface area contributed by atoms with Crippen LogP contribution < -0.4 is 10.6 Å². The number of hydrogen-bond donors (Lipinski definition) is 2. The zero-order chi connectivity index (χ0) is 14.8. The Hall–Kier alpha value is -1.30. The van der Waals surface area contributed by atoms with Crippen LogP contribution in [0.5, 0.6) is 0 Å². The molecule has 1 aromatic carbocycles. The molecule has 2 heterocycles. The zero-order valence-corrected chi connectivity index (χ0v) is 12.8. The van der Waals surface area contributed by atoms with Crippen LogP contribution >= 0.6 is 11.6 Å². The number of rotatable bonds is 2. The Morgan fingerprint density at radius 2 is 2.10 bits per heavy atom. The van der Waals surface area contributed by atoms with Gasteiger partial charge in [0, 0.05) is 35.9 Å². The van der Waals surface area contributed by atoms with Crippen LogP contribution in [0.1, 0.15) is 13.3 Å². The van der Waals surface area contributed by atoms with Crippen molar-refractivity contribution in [2.45, 2.75) is 31.5 Å². The van der Waals surface area contributed by atoms with Gasteiger partial charge >= 0.3 is 6.03 Å². The van der Waals surface area contributed by atoms with Gasteiger partial charge in [0.15, 0.2) is 0 Å². The highest BCUT2D eigenvalue weighted by Crippen LogP contribution is 2.23. The number of fused-ring (bicyclic) bond motifs is 1. The van der Waals surface area contributed by atoms with E-state index in [2.05, 4.69) is 22.5 Å². The smallest absolute Gasteiger partial charge is 0.319 e. The van der Waals surface area contributed by atoms with Crippen molar-refractivity contribution in [2.75, 3.05) is 25.0 Å². The van der Waals surface area contributed by atoms with Gasteiger partial charge in [0.25, 0.3) is 0 Å². The molecule has 21 heavy (non-hydrogen) atoms. The summed E-state index contributed by atoms with van der Waals surface area (Å²) in [7, 11) is 0. The molecule has 0 aliphatic carbocycles. The fourth-order valence-electron chi connectivity index (χ4n) is 3.03. The first kappa shape index (κ1) is 14.6. The summed E-state index contributed by atoms with van der Waals surface area (Å²) in [5, 5.41) is 6.52. The number of anilines is 1. The number of hydrogen-bond acceptors (Lipinski definition) is 3. The highest BCUT2D eigenvalue weighted by molar-refractivity contribution is 6.30. The highest BCUT2D eigenvalue weighted by atomic mass is 35.5. The minimum absolute atomic E-state index is 0.170. The number of benzene rings is 1. The van der Waals surface area contributed by atoms with Crippen LogP contribution in [0.2, 0.25) is 5.02 Å². The van der Waals surface area contributed by atoms with Gasteiger partial charge in [-0.2, -0.15) is 0 Å². The van der Waals surface area contributed by atoms with E-state index >= 15 is 0 Å². The summed E-state index contributed by atoms with van der Waals surface area (Å²) in [4.78, 5) is 14.4. The third kappa shape index (κ3) is 3.67. The molecule has 2 aliphatic rings. The van der Waals surface area contributed by atoms with Crippen LogP contribution in [-0.2, 0) is 4.74 Å². The summed E-state index contributed by atoms with van der Waals surface area (Å²) < 4.78 is 5.67. The van der Waals surface area contributed by atoms with Crippen molar-refractivity contribution in [3.8, 4) is 0 Å². The lowest BCUT2D eigenvalue weighted by Gasteiger charge is -2.33. The molecule has 0 unspecified atom stereocenters. The molecule has 2 aliphatic heterocycles. The SMILES string of the molecule is C[C@H]1CN2C[C@H](NC(=O)Nc3ccc(Cl)cc3)C[C@H]2CO1. The molecule has 6 heteroatoms. The number of nitrogens with one attached hydrogen (secondary N) is 2. The third-order valence-corrected chi connectivity index (χ3v) is 4.28. The lowest BCUT2D eigenvalue weighted by molar-refractivity contribution is -0.0390. The van der Waals surface area contributed by atoms with Crippen molar-refractivity contribution in [1.82, 2.24) is 10.2 Å². The van der Waals surface area contributed by atoms with Crippen LogP contribution in [0, 0.1) is 0 Å². The molecular formula is C15H20ClN3O2. The van der Waals surface area contributed by atoms with Gasteiger partial charge in [-0.15, -0.1) is 0 Å². The van der Waals surface area contributed by atoms with E-state index in [-0.39, 0.29) is 18.2 Å². The number of nitrogens with zero attached hydrogens (tertiary/aromatic N) is 1. The Bertz CT molecular complexity index is 508. The van der Waals surface area contributed by atoms with Crippen molar-refractivity contribution in [1.29, 1.82) is 0 Å². The van der Waals surface area contributed by atoms with Crippen molar-refractivity contribution in [2.24, 2.45) is 0 Å². The fourth-order valence-corrected chi connectivity index (χ4v) is 3.16. The Kier molecular flexibility index (Phi) is 4.33. The van der Waals surface area contributed by atoms with E-state index in [1.807, 2.05) is 0 Å². The Labute approximate surface area is 129 Å². The third-order valence-electron chi connectivity index (χ3n) is 4.03. The molecule has 114 valence electrons. The molecule has 2 saturated heterocycles. The molecular weight excluding hydrogens is 290 g/mol. The predicted octanol–water partition coefficient (Wildman–Crippen LogP) is 2.32. The predicted molar refractivity (Wildman–Crippen MR) is 82.8 cm³/mol. The largest absolute Gasteiger partial charge is 0.376 e. The van der Waals surface area contributed by atoms with Gasteiger partial charge in [0.2, 0.25) is 0 Å². The minimum atomic E-state index is -0.170. The van der Waals surface area contributed by atoms with Gasteiger partial charge in [0.1, 0.15) is 0 Å². The highest BCUT2D eigenvalue weighted by Gasteiger charge is 2.36. The first-order valence-corrected chi connectivity index (χ1v) is 7.66. The van der Waals surface area contributed by atoms with Crippen LogP contribution in [0.4, 0.5) is 10.5 Å². The van der Waals surface area contributed by atoms with Gasteiger partial charge < -0.3 is 15.4 Å². The molecule has 3 rings (SSSR count). The molecule has 3 atom stereocenters. The molecule has 1 aromatic rings. The number of amides is 2. The summed E-state index contributed by atoms with van der Waals surface area (Å²) >= 11 is 5.82. The van der Waals surface area contributed by atoms with Crippen LogP contribution in [0.15, 0.2) is 24.3 Å². The number of morpholine rings is 1. The van der Waals surface area contributed by atoms with E-state index in [1.165, 1.54) is 0 Å². The summed E-state index contributed by atoms with van der Waals surface area (Å²) in [6.07, 6.45) is 1.23. The number of urea groups is 1. The molecule has 2 N–H and O–H groups in total. The van der Waals surface area contributed by atoms with Gasteiger partial charge in [-0.3, -0.25) is 4.90 Å². The standard InChI is InChI=1S/C15H20ClN3O2/c1-10-7-19-8-13(6-14(19)9-21-10)18-15(20)17-12-4-2-11(16)3-5-12/h2-5,10,13-14H,6-9H2,1H3,(H2,17,18,20)/t10-,13+,14-/m0/s1. The van der Waals surface area contributed by atoms with Gasteiger partial charge in [-0.05, 0) is 37.6 Å². The maximum atomic E-state index is 12.0. The average Bonchev–Trinajstić information content (AvgIpc) is 2.82. The molecule has 0 saturated carbocycles. The second-order valence-electron chi connectivity index (χ2n) is 5.79. The first-order valence-electron chi connectivity index (χ1n) is 7.29. The molecule has 2 fully saturated rings. The van der Waals surface area contributed by atoms with Gasteiger partial charge in [0.05, 0.1) is 12.7 Å². The topological polar surface area (TPSA) is 53.6 Å². The van der Waals surface area contributed by atoms with Crippen molar-refractivity contribution in [3.63, 3.8) is 0 Å². The summed E-state index contributed by atoms with van der Waals surface area (Å²) in [5.74, 6) is 0. The minimum Gasteiger partial charge on any atom is -0.376 e. The molecule has 0 radical (unpaired) electrons. The second-order valence-corrected chi connectivity index (χ2v) is 6.23. The lowest BCUT2D eigenvalue weighted by Crippen LogP contribution is -2.45. The van der Waals surface area contributed by atoms with E-state index in [0.717, 1.165) is 31.8 Å². The van der Waals surface area contributed by atoms with Gasteiger partial charge in [-0.1, -0.05) is 11.6 Å². The number of carbonyl (C=O) groups is 1. The first-order chi connectivity index (χ1) is 10.1. The molecule has 0 aromatic heterocycles. The summed E-state index contributed by atoms with van der Waals surface area (Å²) in [6.45, 7) is 4.69. The van der Waals surface area contributed by atoms with Crippen LogP contribution in [0.25, 0.3) is 0 Å². The second kappa shape index (κ2) is 6.22.